The maximum absolute atomic E-state index is 13.2. The molecule has 2 aromatic carbocycles. The molecule has 0 saturated heterocycles. The second-order valence-electron chi connectivity index (χ2n) is 4.40. The Morgan fingerprint density at radius 1 is 1.14 bits per heavy atom. The van der Waals surface area contributed by atoms with Crippen LogP contribution < -0.4 is 14.8 Å². The summed E-state index contributed by atoms with van der Waals surface area (Å²) in [6.07, 6.45) is 0. The Morgan fingerprint density at radius 2 is 1.95 bits per heavy atom. The third-order valence-corrected chi connectivity index (χ3v) is 3.55. The van der Waals surface area contributed by atoms with Gasteiger partial charge in [0.15, 0.2) is 11.5 Å². The Balaban J connectivity index is 2.08. The van der Waals surface area contributed by atoms with E-state index in [0.29, 0.717) is 23.4 Å². The van der Waals surface area contributed by atoms with E-state index >= 15 is 0 Å². The Kier molecular flexibility index (Phi) is 5.44. The minimum atomic E-state index is -0.274. The Morgan fingerprint density at radius 3 is 2.62 bits per heavy atom. The molecule has 0 saturated carbocycles. The van der Waals surface area contributed by atoms with E-state index < -0.39 is 0 Å². The average Bonchev–Trinajstić information content (AvgIpc) is 2.49. The molecule has 0 atom stereocenters. The summed E-state index contributed by atoms with van der Waals surface area (Å²) in [6.45, 7) is 3.13. The fraction of sp³-hybridized carbons (Fsp3) is 0.250. The van der Waals surface area contributed by atoms with Crippen LogP contribution in [0.3, 0.4) is 0 Å². The fourth-order valence-electron chi connectivity index (χ4n) is 1.91. The molecule has 2 aromatic rings. The number of rotatable bonds is 6. The standard InChI is InChI=1S/C16H17BrFNO2/c1-3-21-16-8-11(4-7-15(16)20-2)10-19-12-5-6-14(18)13(17)9-12/h4-9,19H,3,10H2,1-2H3. The van der Waals surface area contributed by atoms with Crippen molar-refractivity contribution in [3.05, 3.63) is 52.3 Å². The predicted molar refractivity (Wildman–Crippen MR) is 85.6 cm³/mol. The van der Waals surface area contributed by atoms with Crippen molar-refractivity contribution in [1.29, 1.82) is 0 Å². The van der Waals surface area contributed by atoms with Gasteiger partial charge < -0.3 is 14.8 Å². The van der Waals surface area contributed by atoms with E-state index in [0.717, 1.165) is 17.0 Å². The molecule has 3 nitrogen and oxygen atoms in total. The maximum atomic E-state index is 13.2. The molecule has 0 spiro atoms. The highest BCUT2D eigenvalue weighted by molar-refractivity contribution is 9.10. The Labute approximate surface area is 132 Å². The van der Waals surface area contributed by atoms with Gasteiger partial charge in [0.25, 0.3) is 0 Å². The van der Waals surface area contributed by atoms with Crippen molar-refractivity contribution >= 4 is 21.6 Å². The number of nitrogens with one attached hydrogen (secondary N) is 1. The molecule has 1 N–H and O–H groups in total. The van der Waals surface area contributed by atoms with Crippen LogP contribution in [0, 0.1) is 5.82 Å². The highest BCUT2D eigenvalue weighted by Gasteiger charge is 2.06. The van der Waals surface area contributed by atoms with Gasteiger partial charge in [0.2, 0.25) is 0 Å². The quantitative estimate of drug-likeness (QED) is 0.822. The van der Waals surface area contributed by atoms with Gasteiger partial charge >= 0.3 is 0 Å². The van der Waals surface area contributed by atoms with E-state index in [9.17, 15) is 4.39 Å². The van der Waals surface area contributed by atoms with Crippen LogP contribution in [0.2, 0.25) is 0 Å². The summed E-state index contributed by atoms with van der Waals surface area (Å²) >= 11 is 3.17. The second kappa shape index (κ2) is 7.31. The molecule has 0 fully saturated rings. The van der Waals surface area contributed by atoms with Crippen LogP contribution in [-0.4, -0.2) is 13.7 Å². The average molecular weight is 354 g/mol. The SMILES string of the molecule is CCOc1cc(CNc2ccc(F)c(Br)c2)ccc1OC. The van der Waals surface area contributed by atoms with Crippen molar-refractivity contribution in [1.82, 2.24) is 0 Å². The summed E-state index contributed by atoms with van der Waals surface area (Å²) in [7, 11) is 1.62. The van der Waals surface area contributed by atoms with Crippen LogP contribution in [-0.2, 0) is 6.54 Å². The summed E-state index contributed by atoms with van der Waals surface area (Å²) in [5.41, 5.74) is 1.90. The van der Waals surface area contributed by atoms with Crippen molar-refractivity contribution in [2.45, 2.75) is 13.5 Å². The molecule has 0 aliphatic heterocycles. The van der Waals surface area contributed by atoms with Gasteiger partial charge in [-0.1, -0.05) is 6.07 Å². The molecular formula is C16H17BrFNO2. The smallest absolute Gasteiger partial charge is 0.161 e. The van der Waals surface area contributed by atoms with E-state index in [-0.39, 0.29) is 5.82 Å². The summed E-state index contributed by atoms with van der Waals surface area (Å²) in [6, 6.07) is 10.6. The number of benzene rings is 2. The van der Waals surface area contributed by atoms with Gasteiger partial charge in [0.1, 0.15) is 5.82 Å². The lowest BCUT2D eigenvalue weighted by atomic mass is 10.2. The first-order valence-electron chi connectivity index (χ1n) is 6.62. The highest BCUT2D eigenvalue weighted by Crippen LogP contribution is 2.28. The van der Waals surface area contributed by atoms with Gasteiger partial charge in [-0.2, -0.15) is 0 Å². The van der Waals surface area contributed by atoms with Crippen LogP contribution in [0.4, 0.5) is 10.1 Å². The van der Waals surface area contributed by atoms with Crippen molar-refractivity contribution in [3.8, 4) is 11.5 Å². The normalized spacial score (nSPS) is 10.3. The Bertz CT molecular complexity index is 619. The Hall–Kier alpha value is -1.75. The summed E-state index contributed by atoms with van der Waals surface area (Å²) in [5.74, 6) is 1.16. The zero-order valence-corrected chi connectivity index (χ0v) is 13.5. The van der Waals surface area contributed by atoms with Crippen LogP contribution in [0.15, 0.2) is 40.9 Å². The molecule has 0 unspecified atom stereocenters. The van der Waals surface area contributed by atoms with Crippen molar-refractivity contribution in [2.75, 3.05) is 19.0 Å². The lowest BCUT2D eigenvalue weighted by Gasteiger charge is -2.12. The first kappa shape index (κ1) is 15.6. The summed E-state index contributed by atoms with van der Waals surface area (Å²) in [4.78, 5) is 0. The van der Waals surface area contributed by atoms with Gasteiger partial charge in [-0.05, 0) is 58.7 Å². The lowest BCUT2D eigenvalue weighted by Crippen LogP contribution is -2.01. The molecule has 0 aliphatic rings. The molecule has 0 aliphatic carbocycles. The third-order valence-electron chi connectivity index (χ3n) is 2.94. The molecular weight excluding hydrogens is 337 g/mol. The van der Waals surface area contributed by atoms with Gasteiger partial charge in [0, 0.05) is 12.2 Å². The molecule has 0 aromatic heterocycles. The maximum Gasteiger partial charge on any atom is 0.161 e. The minimum Gasteiger partial charge on any atom is -0.493 e. The highest BCUT2D eigenvalue weighted by atomic mass is 79.9. The zero-order valence-electron chi connectivity index (χ0n) is 12.0. The molecule has 21 heavy (non-hydrogen) atoms. The lowest BCUT2D eigenvalue weighted by molar-refractivity contribution is 0.310. The van der Waals surface area contributed by atoms with Crippen LogP contribution in [0.5, 0.6) is 11.5 Å². The first-order chi connectivity index (χ1) is 10.1. The number of methoxy groups -OCH3 is 1. The van der Waals surface area contributed by atoms with E-state index in [1.807, 2.05) is 25.1 Å². The minimum absolute atomic E-state index is 0.274. The van der Waals surface area contributed by atoms with Crippen molar-refractivity contribution in [2.24, 2.45) is 0 Å². The molecule has 0 heterocycles. The van der Waals surface area contributed by atoms with E-state index in [4.69, 9.17) is 9.47 Å². The monoisotopic (exact) mass is 353 g/mol. The number of ether oxygens (including phenoxy) is 2. The zero-order chi connectivity index (χ0) is 15.2. The van der Waals surface area contributed by atoms with E-state index in [2.05, 4.69) is 21.2 Å². The topological polar surface area (TPSA) is 30.5 Å². The second-order valence-corrected chi connectivity index (χ2v) is 5.26. The van der Waals surface area contributed by atoms with Gasteiger partial charge in [-0.3, -0.25) is 0 Å². The molecule has 0 amide bonds. The first-order valence-corrected chi connectivity index (χ1v) is 7.42. The van der Waals surface area contributed by atoms with E-state index in [1.54, 1.807) is 19.2 Å². The van der Waals surface area contributed by atoms with Gasteiger partial charge in [0.05, 0.1) is 18.2 Å². The summed E-state index contributed by atoms with van der Waals surface area (Å²) < 4.78 is 24.4. The number of anilines is 1. The third kappa shape index (κ3) is 4.11. The van der Waals surface area contributed by atoms with Crippen molar-refractivity contribution in [3.63, 3.8) is 0 Å². The number of halogens is 2. The van der Waals surface area contributed by atoms with Gasteiger partial charge in [-0.15, -0.1) is 0 Å². The number of hydrogen-bond donors (Lipinski definition) is 1. The molecule has 2 rings (SSSR count). The van der Waals surface area contributed by atoms with Crippen LogP contribution >= 0.6 is 15.9 Å². The predicted octanol–water partition coefficient (Wildman–Crippen LogP) is 4.61. The van der Waals surface area contributed by atoms with Gasteiger partial charge in [-0.25, -0.2) is 4.39 Å². The number of hydrogen-bond acceptors (Lipinski definition) is 3. The molecule has 0 radical (unpaired) electrons. The van der Waals surface area contributed by atoms with Crippen LogP contribution in [0.25, 0.3) is 0 Å². The van der Waals surface area contributed by atoms with E-state index in [1.165, 1.54) is 6.07 Å². The fourth-order valence-corrected chi connectivity index (χ4v) is 2.29. The summed E-state index contributed by atoms with van der Waals surface area (Å²) in [5, 5.41) is 3.24. The van der Waals surface area contributed by atoms with Crippen LogP contribution in [0.1, 0.15) is 12.5 Å². The molecule has 0 bridgehead atoms. The van der Waals surface area contributed by atoms with Crippen molar-refractivity contribution < 1.29 is 13.9 Å². The molecule has 112 valence electrons. The molecule has 5 heteroatoms. The largest absolute Gasteiger partial charge is 0.493 e.